The van der Waals surface area contributed by atoms with Crippen molar-refractivity contribution in [3.05, 3.63) is 116 Å². The molecule has 0 aromatic rings. The lowest BCUT2D eigenvalue weighted by atomic mass is 9.62. The molecule has 6 rings (SSSR count). The van der Waals surface area contributed by atoms with E-state index in [9.17, 15) is 37.3 Å². The number of hydrogen-bond donors (Lipinski definition) is 4. The average molecular weight is 977 g/mol. The first kappa shape index (κ1) is 56.1. The van der Waals surface area contributed by atoms with Crippen LogP contribution in [0, 0.1) is 34.5 Å². The number of hydrogen-bond acceptors (Lipinski definition) is 8. The van der Waals surface area contributed by atoms with Crippen LogP contribution >= 0.6 is 0 Å². The molecule has 68 heavy (non-hydrogen) atoms. The third-order valence-corrected chi connectivity index (χ3v) is 22.0. The molecule has 0 aromatic heterocycles. The Balaban J connectivity index is 0.000000254. The standard InChI is InChI=1S/2C29H44O4S/c2*1-19(10-11-20(2)34(32,33)28(4,5)6)25-14-15-26-22(9-8-16-29(25,26)7)12-13-23-17-24(30)18-27(31)21(23)3/h2*11-14,19,24,26-27,30-31H,3,8-10,15-18H2,1-2,4-7H3/b2*20-11-,22-12+,23-13-/t19-,24+,26+,27-,29-;19-,24-,26+,27+,29-/m11/s1. The molecule has 0 aromatic carbocycles. The van der Waals surface area contributed by atoms with E-state index >= 15 is 0 Å². The second kappa shape index (κ2) is 21.5. The number of aliphatic hydroxyl groups is 4. The van der Waals surface area contributed by atoms with Crippen LogP contribution in [0.15, 0.2) is 116 Å². The van der Waals surface area contributed by atoms with Crippen LogP contribution in [0.1, 0.15) is 173 Å². The van der Waals surface area contributed by atoms with Gasteiger partial charge in [-0.15, -0.1) is 0 Å². The Morgan fingerprint density at radius 3 is 1.31 bits per heavy atom. The summed E-state index contributed by atoms with van der Waals surface area (Å²) in [5.74, 6) is 1.48. The van der Waals surface area contributed by atoms with E-state index < -0.39 is 53.6 Å². The Labute approximate surface area is 412 Å². The van der Waals surface area contributed by atoms with Gasteiger partial charge in [-0.3, -0.25) is 0 Å². The van der Waals surface area contributed by atoms with Crippen LogP contribution in [0.5, 0.6) is 0 Å². The lowest BCUT2D eigenvalue weighted by molar-refractivity contribution is 0.0856. The van der Waals surface area contributed by atoms with Crippen LogP contribution in [0.4, 0.5) is 0 Å². The minimum Gasteiger partial charge on any atom is -0.393 e. The lowest BCUT2D eigenvalue weighted by Crippen LogP contribution is -2.32. The minimum absolute atomic E-state index is 0.0925. The zero-order valence-corrected chi connectivity index (χ0v) is 45.4. The van der Waals surface area contributed by atoms with E-state index in [4.69, 9.17) is 0 Å². The molecule has 8 nitrogen and oxygen atoms in total. The third kappa shape index (κ3) is 11.9. The lowest BCUT2D eigenvalue weighted by Gasteiger charge is -2.42. The molecule has 10 atom stereocenters. The van der Waals surface area contributed by atoms with Gasteiger partial charge in [0, 0.05) is 22.7 Å². The van der Waals surface area contributed by atoms with Crippen molar-refractivity contribution in [3.8, 4) is 0 Å². The van der Waals surface area contributed by atoms with Crippen molar-refractivity contribution in [2.24, 2.45) is 34.5 Å². The largest absolute Gasteiger partial charge is 0.393 e. The first-order valence-corrected chi connectivity index (χ1v) is 28.5. The molecule has 4 saturated carbocycles. The monoisotopic (exact) mass is 977 g/mol. The maximum Gasteiger partial charge on any atom is 0.178 e. The van der Waals surface area contributed by atoms with Crippen LogP contribution in [0.2, 0.25) is 0 Å². The molecule has 0 heterocycles. The van der Waals surface area contributed by atoms with Crippen LogP contribution in [-0.4, -0.2) is 71.2 Å². The van der Waals surface area contributed by atoms with E-state index in [1.807, 2.05) is 12.2 Å². The Morgan fingerprint density at radius 2 is 0.985 bits per heavy atom. The maximum atomic E-state index is 12.8. The SMILES string of the molecule is C=C1/C(=C\C=C2/CCC[C@]3(C)C([C@H](C)C/C=C(/C)S(=O)(=O)C(C)(C)C)=CC[C@@H]23)C[C@@H](O)C[C@@H]1O.C=C1/C(=C\C=C2/CCC[C@]3(C)C([C@H](C)C/C=C(/C)S(=O)(=O)C(C)(C)C)=CC[C@@H]23)C[C@H](O)C[C@H]1O. The molecule has 6 aliphatic carbocycles. The molecule has 0 aliphatic heterocycles. The Bertz CT molecular complexity index is 2240. The smallest absolute Gasteiger partial charge is 0.178 e. The first-order valence-electron chi connectivity index (χ1n) is 25.5. The van der Waals surface area contributed by atoms with E-state index in [-0.39, 0.29) is 10.8 Å². The fourth-order valence-electron chi connectivity index (χ4n) is 12.3. The highest BCUT2D eigenvalue weighted by molar-refractivity contribution is 7.96. The topological polar surface area (TPSA) is 149 Å². The highest BCUT2D eigenvalue weighted by Crippen LogP contribution is 2.58. The van der Waals surface area contributed by atoms with Crippen LogP contribution in [-0.2, 0) is 19.7 Å². The summed E-state index contributed by atoms with van der Waals surface area (Å²) in [4.78, 5) is 0.945. The van der Waals surface area contributed by atoms with Gasteiger partial charge in [0.05, 0.1) is 33.9 Å². The van der Waals surface area contributed by atoms with Gasteiger partial charge < -0.3 is 20.4 Å². The van der Waals surface area contributed by atoms with Crippen molar-refractivity contribution in [2.75, 3.05) is 0 Å². The fraction of sp³-hybridized carbons (Fsp3) is 0.655. The first-order chi connectivity index (χ1) is 31.4. The number of allylic oxidation sites excluding steroid dienone is 14. The highest BCUT2D eigenvalue weighted by Gasteiger charge is 2.47. The van der Waals surface area contributed by atoms with Gasteiger partial charge in [0.25, 0.3) is 0 Å². The molecule has 0 spiro atoms. The van der Waals surface area contributed by atoms with E-state index in [1.54, 1.807) is 55.4 Å². The Morgan fingerprint density at radius 1 is 0.647 bits per heavy atom. The van der Waals surface area contributed by atoms with Gasteiger partial charge in [-0.05, 0) is 189 Å². The summed E-state index contributed by atoms with van der Waals surface area (Å²) >= 11 is 0. The molecule has 380 valence electrons. The second-order valence-corrected chi connectivity index (χ2v) is 29.5. The summed E-state index contributed by atoms with van der Waals surface area (Å²) in [6.45, 7) is 31.3. The quantitative estimate of drug-likeness (QED) is 0.158. The summed E-state index contributed by atoms with van der Waals surface area (Å²) in [6.07, 6.45) is 26.9. The summed E-state index contributed by atoms with van der Waals surface area (Å²) in [5, 5.41) is 40.4. The summed E-state index contributed by atoms with van der Waals surface area (Å²) in [5.41, 5.74) is 9.33. The number of aliphatic hydroxyl groups excluding tert-OH is 4. The fourth-order valence-corrected chi connectivity index (χ4v) is 14.8. The summed E-state index contributed by atoms with van der Waals surface area (Å²) in [7, 11) is -6.58. The van der Waals surface area contributed by atoms with Crippen molar-refractivity contribution in [1.82, 2.24) is 0 Å². The molecule has 0 amide bonds. The molecule has 0 saturated heterocycles. The van der Waals surface area contributed by atoms with Crippen molar-refractivity contribution >= 4 is 19.7 Å². The van der Waals surface area contributed by atoms with Crippen LogP contribution in [0.25, 0.3) is 0 Å². The molecule has 0 unspecified atom stereocenters. The van der Waals surface area contributed by atoms with Gasteiger partial charge in [-0.25, -0.2) is 16.8 Å². The molecule has 4 fully saturated rings. The van der Waals surface area contributed by atoms with Gasteiger partial charge in [0.1, 0.15) is 0 Å². The predicted octanol–water partition coefficient (Wildman–Crippen LogP) is 12.4. The van der Waals surface area contributed by atoms with Gasteiger partial charge in [0.15, 0.2) is 19.7 Å². The Hall–Kier alpha value is -2.86. The summed E-state index contributed by atoms with van der Waals surface area (Å²) in [6, 6.07) is 0. The van der Waals surface area contributed by atoms with Crippen molar-refractivity contribution in [3.63, 3.8) is 0 Å². The minimum atomic E-state index is -3.29. The maximum absolute atomic E-state index is 12.8. The van der Waals surface area contributed by atoms with Gasteiger partial charge >= 0.3 is 0 Å². The summed E-state index contributed by atoms with van der Waals surface area (Å²) < 4.78 is 49.4. The van der Waals surface area contributed by atoms with Crippen LogP contribution in [0.3, 0.4) is 0 Å². The van der Waals surface area contributed by atoms with Crippen molar-refractivity contribution in [1.29, 1.82) is 0 Å². The predicted molar refractivity (Wildman–Crippen MR) is 282 cm³/mol. The zero-order valence-electron chi connectivity index (χ0n) is 43.8. The van der Waals surface area contributed by atoms with Crippen molar-refractivity contribution < 1.29 is 37.3 Å². The van der Waals surface area contributed by atoms with E-state index in [0.717, 1.165) is 86.5 Å². The number of fused-ring (bicyclic) bond motifs is 2. The van der Waals surface area contributed by atoms with E-state index in [2.05, 4.69) is 77.3 Å². The Kier molecular flexibility index (Phi) is 17.7. The number of rotatable bonds is 10. The highest BCUT2D eigenvalue weighted by atomic mass is 32.2. The van der Waals surface area contributed by atoms with E-state index in [1.165, 1.54) is 22.3 Å². The van der Waals surface area contributed by atoms with Gasteiger partial charge in [-0.2, -0.15) is 0 Å². The van der Waals surface area contributed by atoms with Crippen molar-refractivity contribution in [2.45, 2.75) is 207 Å². The average Bonchev–Trinajstić information content (AvgIpc) is 3.79. The third-order valence-electron chi connectivity index (χ3n) is 16.8. The molecule has 10 heteroatoms. The molecule has 0 radical (unpaired) electrons. The van der Waals surface area contributed by atoms with E-state index in [0.29, 0.717) is 59.2 Å². The molecule has 0 bridgehead atoms. The molecule has 4 N–H and O–H groups in total. The molecule has 6 aliphatic rings. The molecular weight excluding hydrogens is 889 g/mol. The molecular formula is C58H88O8S2. The normalized spacial score (nSPS) is 34.4. The zero-order chi connectivity index (χ0) is 50.9. The van der Waals surface area contributed by atoms with Gasteiger partial charge in [-0.1, -0.05) is 112 Å². The van der Waals surface area contributed by atoms with Crippen LogP contribution < -0.4 is 0 Å². The number of sulfone groups is 2. The second-order valence-electron chi connectivity index (χ2n) is 23.7. The van der Waals surface area contributed by atoms with Gasteiger partial charge in [0.2, 0.25) is 0 Å².